The molecule has 28 heavy (non-hydrogen) atoms. The van der Waals surface area contributed by atoms with E-state index in [0.29, 0.717) is 17.6 Å². The van der Waals surface area contributed by atoms with E-state index in [1.807, 2.05) is 35.1 Å². The summed E-state index contributed by atoms with van der Waals surface area (Å²) in [5.41, 5.74) is 1.95. The van der Waals surface area contributed by atoms with Gasteiger partial charge in [0, 0.05) is 23.9 Å². The van der Waals surface area contributed by atoms with Crippen LogP contribution in [0.5, 0.6) is 0 Å². The number of aliphatic hydroxyl groups excluding tert-OH is 1. The van der Waals surface area contributed by atoms with Gasteiger partial charge in [-0.3, -0.25) is 9.48 Å². The molecule has 2 aromatic heterocycles. The van der Waals surface area contributed by atoms with Gasteiger partial charge in [-0.25, -0.2) is 4.98 Å². The van der Waals surface area contributed by atoms with Crippen molar-refractivity contribution in [1.29, 1.82) is 5.26 Å². The second kappa shape index (κ2) is 7.79. The maximum atomic E-state index is 12.4. The number of aromatic nitrogens is 3. The number of benzene rings is 1. The molecule has 3 aromatic rings. The van der Waals surface area contributed by atoms with E-state index in [-0.39, 0.29) is 23.9 Å². The number of rotatable bonds is 4. The van der Waals surface area contributed by atoms with Gasteiger partial charge in [0.15, 0.2) is 0 Å². The van der Waals surface area contributed by atoms with E-state index in [1.165, 1.54) is 0 Å². The maximum absolute atomic E-state index is 12.4. The standard InChI is InChI=1S/C21H21N5O2/c22-11-17-2-1-3-20(23-17)21(28)24-16-6-9-19-15(10-16)12-26(25-19)18-7-4-14(13-27)5-8-18/h1-3,6,9-10,12,14,18,27H,4-5,7-8,13H2,(H,24,28)/t14-,18-. The van der Waals surface area contributed by atoms with E-state index in [0.717, 1.165) is 36.6 Å². The van der Waals surface area contributed by atoms with Crippen molar-refractivity contribution in [3.63, 3.8) is 0 Å². The summed E-state index contributed by atoms with van der Waals surface area (Å²) < 4.78 is 2.02. The molecule has 2 heterocycles. The number of aliphatic hydroxyl groups is 1. The molecule has 1 aliphatic rings. The number of carbonyl (C=O) groups excluding carboxylic acids is 1. The molecule has 2 N–H and O–H groups in total. The molecule has 1 fully saturated rings. The van der Waals surface area contributed by atoms with E-state index >= 15 is 0 Å². The van der Waals surface area contributed by atoms with Crippen molar-refractivity contribution in [2.45, 2.75) is 31.7 Å². The summed E-state index contributed by atoms with van der Waals surface area (Å²) in [6.07, 6.45) is 6.10. The number of nitriles is 1. The van der Waals surface area contributed by atoms with Crippen LogP contribution >= 0.6 is 0 Å². The molecule has 0 spiro atoms. The third kappa shape index (κ3) is 3.73. The van der Waals surface area contributed by atoms with Crippen molar-refractivity contribution in [3.8, 4) is 6.07 Å². The lowest BCUT2D eigenvalue weighted by Crippen LogP contribution is -2.20. The van der Waals surface area contributed by atoms with Crippen LogP contribution in [0.3, 0.4) is 0 Å². The van der Waals surface area contributed by atoms with Gasteiger partial charge < -0.3 is 10.4 Å². The van der Waals surface area contributed by atoms with Crippen LogP contribution in [0.1, 0.15) is 47.9 Å². The monoisotopic (exact) mass is 375 g/mol. The Bertz CT molecular complexity index is 1040. The first-order valence-corrected chi connectivity index (χ1v) is 9.44. The van der Waals surface area contributed by atoms with E-state index in [1.54, 1.807) is 18.2 Å². The zero-order valence-corrected chi connectivity index (χ0v) is 15.4. The van der Waals surface area contributed by atoms with Gasteiger partial charge in [-0.15, -0.1) is 0 Å². The van der Waals surface area contributed by atoms with Gasteiger partial charge in [0.1, 0.15) is 17.5 Å². The number of pyridine rings is 1. The highest BCUT2D eigenvalue weighted by Gasteiger charge is 2.22. The van der Waals surface area contributed by atoms with Gasteiger partial charge in [-0.2, -0.15) is 10.4 Å². The van der Waals surface area contributed by atoms with Gasteiger partial charge >= 0.3 is 0 Å². The number of hydrogen-bond donors (Lipinski definition) is 2. The lowest BCUT2D eigenvalue weighted by atomic mass is 9.87. The highest BCUT2D eigenvalue weighted by molar-refractivity contribution is 6.03. The minimum Gasteiger partial charge on any atom is -0.396 e. The van der Waals surface area contributed by atoms with Crippen molar-refractivity contribution < 1.29 is 9.90 Å². The summed E-state index contributed by atoms with van der Waals surface area (Å²) in [7, 11) is 0. The zero-order valence-electron chi connectivity index (χ0n) is 15.4. The minimum atomic E-state index is -0.355. The molecule has 0 aliphatic heterocycles. The largest absolute Gasteiger partial charge is 0.396 e. The molecular weight excluding hydrogens is 354 g/mol. The van der Waals surface area contributed by atoms with Crippen LogP contribution < -0.4 is 5.32 Å². The third-order valence-electron chi connectivity index (χ3n) is 5.32. The summed E-state index contributed by atoms with van der Waals surface area (Å²) in [6, 6.07) is 12.7. The first-order chi connectivity index (χ1) is 13.7. The molecule has 7 heteroatoms. The lowest BCUT2D eigenvalue weighted by Gasteiger charge is -2.27. The second-order valence-corrected chi connectivity index (χ2v) is 7.21. The van der Waals surface area contributed by atoms with Gasteiger partial charge in [-0.1, -0.05) is 6.07 Å². The second-order valence-electron chi connectivity index (χ2n) is 7.21. The maximum Gasteiger partial charge on any atom is 0.274 e. The van der Waals surface area contributed by atoms with E-state index in [9.17, 15) is 9.90 Å². The molecule has 0 radical (unpaired) electrons. The highest BCUT2D eigenvalue weighted by atomic mass is 16.3. The Morgan fingerprint density at radius 3 is 2.82 bits per heavy atom. The Morgan fingerprint density at radius 2 is 2.07 bits per heavy atom. The van der Waals surface area contributed by atoms with Crippen molar-refractivity contribution in [2.75, 3.05) is 11.9 Å². The molecule has 0 bridgehead atoms. The van der Waals surface area contributed by atoms with E-state index in [4.69, 9.17) is 5.26 Å². The van der Waals surface area contributed by atoms with Gasteiger partial charge in [0.25, 0.3) is 5.91 Å². The number of hydrogen-bond acceptors (Lipinski definition) is 5. The van der Waals surface area contributed by atoms with Crippen LogP contribution in [0, 0.1) is 17.2 Å². The Kier molecular flexibility index (Phi) is 5.04. The molecular formula is C21H21N5O2. The Labute approximate surface area is 162 Å². The average molecular weight is 375 g/mol. The van der Waals surface area contributed by atoms with Crippen LogP contribution in [-0.4, -0.2) is 32.4 Å². The quantitative estimate of drug-likeness (QED) is 0.728. The number of amides is 1. The molecule has 0 unspecified atom stereocenters. The van der Waals surface area contributed by atoms with Crippen molar-refractivity contribution in [3.05, 3.63) is 54.0 Å². The Balaban J connectivity index is 1.50. The zero-order chi connectivity index (χ0) is 19.5. The summed E-state index contributed by atoms with van der Waals surface area (Å²) >= 11 is 0. The molecule has 1 amide bonds. The Hall–Kier alpha value is -3.24. The first kappa shape index (κ1) is 18.1. The number of nitrogens with zero attached hydrogens (tertiary/aromatic N) is 4. The van der Waals surface area contributed by atoms with Crippen LogP contribution in [0.4, 0.5) is 5.69 Å². The fourth-order valence-electron chi connectivity index (χ4n) is 3.72. The summed E-state index contributed by atoms with van der Waals surface area (Å²) in [4.78, 5) is 16.4. The van der Waals surface area contributed by atoms with Gasteiger partial charge in [-0.05, 0) is 61.9 Å². The SMILES string of the molecule is N#Cc1cccc(C(=O)Nc2ccc3nn([C@H]4CC[C@H](CO)CC4)cc3c2)n1. The number of fused-ring (bicyclic) bond motifs is 1. The molecule has 142 valence electrons. The molecule has 4 rings (SSSR count). The predicted molar refractivity (Wildman–Crippen MR) is 105 cm³/mol. The first-order valence-electron chi connectivity index (χ1n) is 9.44. The Morgan fingerprint density at radius 1 is 1.25 bits per heavy atom. The summed E-state index contributed by atoms with van der Waals surface area (Å²) in [5, 5.41) is 26.7. The smallest absolute Gasteiger partial charge is 0.274 e. The van der Waals surface area contributed by atoms with Crippen LogP contribution in [-0.2, 0) is 0 Å². The van der Waals surface area contributed by atoms with E-state index in [2.05, 4.69) is 15.4 Å². The lowest BCUT2D eigenvalue weighted by molar-refractivity contribution is 0.102. The van der Waals surface area contributed by atoms with Gasteiger partial charge in [0.2, 0.25) is 0 Å². The number of carbonyl (C=O) groups is 1. The molecule has 1 aromatic carbocycles. The number of nitrogens with one attached hydrogen (secondary N) is 1. The third-order valence-corrected chi connectivity index (χ3v) is 5.32. The van der Waals surface area contributed by atoms with Crippen LogP contribution in [0.2, 0.25) is 0 Å². The summed E-state index contributed by atoms with van der Waals surface area (Å²) in [5.74, 6) is 0.0577. The molecule has 1 aliphatic carbocycles. The molecule has 0 atom stereocenters. The molecule has 7 nitrogen and oxygen atoms in total. The fraction of sp³-hybridized carbons (Fsp3) is 0.333. The summed E-state index contributed by atoms with van der Waals surface area (Å²) in [6.45, 7) is 0.267. The normalized spacial score (nSPS) is 19.3. The predicted octanol–water partition coefficient (Wildman–Crippen LogP) is 3.28. The van der Waals surface area contributed by atoms with Crippen molar-refractivity contribution in [1.82, 2.24) is 14.8 Å². The highest BCUT2D eigenvalue weighted by Crippen LogP contribution is 2.32. The van der Waals surface area contributed by atoms with Crippen molar-refractivity contribution >= 4 is 22.5 Å². The minimum absolute atomic E-state index is 0.204. The molecule has 0 saturated heterocycles. The van der Waals surface area contributed by atoms with Crippen molar-refractivity contribution in [2.24, 2.45) is 5.92 Å². The van der Waals surface area contributed by atoms with Gasteiger partial charge in [0.05, 0.1) is 11.6 Å². The van der Waals surface area contributed by atoms with E-state index < -0.39 is 0 Å². The topological polar surface area (TPSA) is 104 Å². The number of anilines is 1. The van der Waals surface area contributed by atoms with Crippen LogP contribution in [0.25, 0.3) is 10.9 Å². The average Bonchev–Trinajstić information content (AvgIpc) is 3.17. The van der Waals surface area contributed by atoms with Crippen LogP contribution in [0.15, 0.2) is 42.6 Å². The fourth-order valence-corrected chi connectivity index (χ4v) is 3.72. The molecule has 1 saturated carbocycles.